The zero-order chi connectivity index (χ0) is 10.6. The molecular weight excluding hydrogens is 164 g/mol. The average molecular weight is 186 g/mol. The van der Waals surface area contributed by atoms with Crippen LogP contribution in [-0.4, -0.2) is 11.6 Å². The van der Waals surface area contributed by atoms with Crippen LogP contribution < -0.4 is 0 Å². The molecule has 0 aliphatic heterocycles. The molecule has 0 radical (unpaired) electrons. The van der Waals surface area contributed by atoms with Crippen molar-refractivity contribution < 1.29 is 9.53 Å². The molecule has 0 heterocycles. The van der Waals surface area contributed by atoms with Crippen LogP contribution >= 0.6 is 0 Å². The first-order valence-corrected chi connectivity index (χ1v) is 5.04. The van der Waals surface area contributed by atoms with Gasteiger partial charge in [-0.2, -0.15) is 0 Å². The van der Waals surface area contributed by atoms with Crippen LogP contribution in [0.4, 0.5) is 0 Å². The molecule has 2 nitrogen and oxygen atoms in total. The fourth-order valence-electron chi connectivity index (χ4n) is 0.644. The zero-order valence-corrected chi connectivity index (χ0v) is 9.68. The maximum absolute atomic E-state index is 11.5. The van der Waals surface area contributed by atoms with Gasteiger partial charge in [-0.1, -0.05) is 27.7 Å². The number of ether oxygens (including phenoxy) is 1. The van der Waals surface area contributed by atoms with E-state index < -0.39 is 0 Å². The Hall–Kier alpha value is -0.530. The van der Waals surface area contributed by atoms with Gasteiger partial charge in [0.2, 0.25) is 0 Å². The third kappa shape index (κ3) is 3.79. The van der Waals surface area contributed by atoms with Crippen molar-refractivity contribution in [2.45, 2.75) is 53.6 Å². The van der Waals surface area contributed by atoms with E-state index in [1.54, 1.807) is 0 Å². The van der Waals surface area contributed by atoms with Gasteiger partial charge in [0.25, 0.3) is 0 Å². The lowest BCUT2D eigenvalue weighted by molar-refractivity contribution is -0.165. The monoisotopic (exact) mass is 186 g/mol. The third-order valence-corrected chi connectivity index (χ3v) is 2.77. The molecule has 0 aromatic heterocycles. The number of hydrogen-bond donors (Lipinski definition) is 0. The predicted octanol–water partition coefficient (Wildman–Crippen LogP) is 3.01. The van der Waals surface area contributed by atoms with Gasteiger partial charge in [0.15, 0.2) is 0 Å². The smallest absolute Gasteiger partial charge is 0.309 e. The Labute approximate surface area is 81.7 Å². The van der Waals surface area contributed by atoms with Gasteiger partial charge in [0.1, 0.15) is 5.60 Å². The van der Waals surface area contributed by atoms with E-state index in [1.807, 2.05) is 27.7 Å². The molecule has 0 saturated heterocycles. The summed E-state index contributed by atoms with van der Waals surface area (Å²) < 4.78 is 5.41. The van der Waals surface area contributed by atoms with Gasteiger partial charge in [-0.3, -0.25) is 4.79 Å². The van der Waals surface area contributed by atoms with Gasteiger partial charge in [-0.25, -0.2) is 0 Å². The molecule has 2 heteroatoms. The Morgan fingerprint density at radius 2 is 1.77 bits per heavy atom. The number of hydrogen-bond acceptors (Lipinski definition) is 2. The van der Waals surface area contributed by atoms with Crippen LogP contribution in [0.1, 0.15) is 48.0 Å². The Morgan fingerprint density at radius 1 is 1.31 bits per heavy atom. The molecule has 0 aliphatic carbocycles. The molecule has 0 spiro atoms. The van der Waals surface area contributed by atoms with Crippen LogP contribution in [0.2, 0.25) is 0 Å². The second-order valence-electron chi connectivity index (χ2n) is 4.49. The lowest BCUT2D eigenvalue weighted by atomic mass is 9.94. The minimum absolute atomic E-state index is 0.0121. The number of carbonyl (C=O) groups excluding carboxylic acids is 1. The zero-order valence-electron chi connectivity index (χ0n) is 9.68. The molecule has 0 bridgehead atoms. The van der Waals surface area contributed by atoms with E-state index in [2.05, 4.69) is 13.8 Å². The molecule has 0 rings (SSSR count). The van der Waals surface area contributed by atoms with Gasteiger partial charge in [0.05, 0.1) is 5.92 Å². The maximum atomic E-state index is 11.5. The van der Waals surface area contributed by atoms with Crippen LogP contribution in [0.15, 0.2) is 0 Å². The summed E-state index contributed by atoms with van der Waals surface area (Å²) in [7, 11) is 0. The summed E-state index contributed by atoms with van der Waals surface area (Å²) in [6.07, 6.45) is 0.840. The van der Waals surface area contributed by atoms with Gasteiger partial charge >= 0.3 is 5.97 Å². The Bertz CT molecular complexity index is 171. The van der Waals surface area contributed by atoms with Crippen molar-refractivity contribution >= 4 is 5.97 Å². The predicted molar refractivity (Wildman–Crippen MR) is 54.5 cm³/mol. The highest BCUT2D eigenvalue weighted by Gasteiger charge is 2.28. The second kappa shape index (κ2) is 4.64. The first-order chi connectivity index (χ1) is 5.81. The highest BCUT2D eigenvalue weighted by molar-refractivity contribution is 5.72. The molecular formula is C11H22O2. The fraction of sp³-hybridized carbons (Fsp3) is 0.909. The summed E-state index contributed by atoms with van der Waals surface area (Å²) in [6.45, 7) is 11.9. The van der Waals surface area contributed by atoms with E-state index in [1.165, 1.54) is 0 Å². The van der Waals surface area contributed by atoms with Crippen LogP contribution in [-0.2, 0) is 9.53 Å². The maximum Gasteiger partial charge on any atom is 0.309 e. The van der Waals surface area contributed by atoms with E-state index in [0.29, 0.717) is 5.92 Å². The van der Waals surface area contributed by atoms with Crippen molar-refractivity contribution in [3.63, 3.8) is 0 Å². The van der Waals surface area contributed by atoms with Gasteiger partial charge < -0.3 is 4.74 Å². The van der Waals surface area contributed by atoms with Crippen molar-refractivity contribution in [2.24, 2.45) is 11.8 Å². The fourth-order valence-corrected chi connectivity index (χ4v) is 0.644. The molecule has 78 valence electrons. The summed E-state index contributed by atoms with van der Waals surface area (Å²) in [4.78, 5) is 11.5. The van der Waals surface area contributed by atoms with E-state index >= 15 is 0 Å². The van der Waals surface area contributed by atoms with Crippen LogP contribution in [0.3, 0.4) is 0 Å². The largest absolute Gasteiger partial charge is 0.459 e. The molecule has 0 fully saturated rings. The molecule has 0 N–H and O–H groups in total. The van der Waals surface area contributed by atoms with Crippen LogP contribution in [0, 0.1) is 11.8 Å². The van der Waals surface area contributed by atoms with E-state index in [-0.39, 0.29) is 17.5 Å². The molecule has 0 aliphatic rings. The second-order valence-corrected chi connectivity index (χ2v) is 4.49. The summed E-state index contributed by atoms with van der Waals surface area (Å²) in [5.41, 5.74) is -0.347. The Morgan fingerprint density at radius 3 is 2.08 bits per heavy atom. The third-order valence-electron chi connectivity index (χ3n) is 2.77. The van der Waals surface area contributed by atoms with E-state index in [4.69, 9.17) is 4.74 Å². The van der Waals surface area contributed by atoms with Crippen LogP contribution in [0.5, 0.6) is 0 Å². The quantitative estimate of drug-likeness (QED) is 0.631. The first kappa shape index (κ1) is 12.5. The Kier molecular flexibility index (Phi) is 4.45. The number of rotatable bonds is 4. The summed E-state index contributed by atoms with van der Waals surface area (Å²) in [6, 6.07) is 0. The Balaban J connectivity index is 4.19. The highest BCUT2D eigenvalue weighted by Crippen LogP contribution is 2.22. The molecule has 0 aromatic carbocycles. The van der Waals surface area contributed by atoms with Crippen molar-refractivity contribution in [3.8, 4) is 0 Å². The van der Waals surface area contributed by atoms with Crippen molar-refractivity contribution in [1.29, 1.82) is 0 Å². The molecule has 1 unspecified atom stereocenters. The molecule has 0 amide bonds. The molecule has 0 aromatic rings. The molecule has 1 atom stereocenters. The summed E-state index contributed by atoms with van der Waals surface area (Å²) >= 11 is 0. The lowest BCUT2D eigenvalue weighted by Crippen LogP contribution is -2.35. The van der Waals surface area contributed by atoms with E-state index in [0.717, 1.165) is 6.42 Å². The van der Waals surface area contributed by atoms with Gasteiger partial charge in [-0.15, -0.1) is 0 Å². The molecule has 13 heavy (non-hydrogen) atoms. The minimum Gasteiger partial charge on any atom is -0.459 e. The first-order valence-electron chi connectivity index (χ1n) is 5.04. The number of esters is 1. The number of carbonyl (C=O) groups is 1. The standard InChI is InChI=1S/C11H22O2/c1-7-9(4)10(12)13-11(5,6)8(2)3/h8-9H,7H2,1-6H3. The lowest BCUT2D eigenvalue weighted by Gasteiger charge is -2.30. The van der Waals surface area contributed by atoms with Gasteiger partial charge in [-0.05, 0) is 26.2 Å². The van der Waals surface area contributed by atoms with E-state index in [9.17, 15) is 4.79 Å². The van der Waals surface area contributed by atoms with Crippen molar-refractivity contribution in [2.75, 3.05) is 0 Å². The normalized spacial score (nSPS) is 14.4. The average Bonchev–Trinajstić information content (AvgIpc) is 2.01. The minimum atomic E-state index is -0.347. The SMILES string of the molecule is CCC(C)C(=O)OC(C)(C)C(C)C. The van der Waals surface area contributed by atoms with Crippen LogP contribution in [0.25, 0.3) is 0 Å². The highest BCUT2D eigenvalue weighted by atomic mass is 16.6. The summed E-state index contributed by atoms with van der Waals surface area (Å²) in [5, 5.41) is 0. The van der Waals surface area contributed by atoms with Gasteiger partial charge in [0, 0.05) is 0 Å². The summed E-state index contributed by atoms with van der Waals surface area (Å²) in [5.74, 6) is 0.278. The molecule has 0 saturated carbocycles. The van der Waals surface area contributed by atoms with Crippen molar-refractivity contribution in [3.05, 3.63) is 0 Å². The topological polar surface area (TPSA) is 26.3 Å². The van der Waals surface area contributed by atoms with Crippen molar-refractivity contribution in [1.82, 2.24) is 0 Å².